The summed E-state index contributed by atoms with van der Waals surface area (Å²) in [6.45, 7) is -1.06. The van der Waals surface area contributed by atoms with Gasteiger partial charge in [-0.25, -0.2) is 23.1 Å². The van der Waals surface area contributed by atoms with Crippen LogP contribution in [0.1, 0.15) is 6.23 Å². The average molecular weight is 548 g/mol. The average Bonchev–Trinajstić information content (AvgIpc) is 3.12. The fourth-order valence-electron chi connectivity index (χ4n) is 2.63. The van der Waals surface area contributed by atoms with Crippen molar-refractivity contribution in [3.05, 3.63) is 11.6 Å². The number of nitrogen functional groups attached to an aromatic ring is 1. The lowest BCUT2D eigenvalue weighted by Crippen LogP contribution is -2.31. The second-order valence-corrected chi connectivity index (χ2v) is 10.8. The van der Waals surface area contributed by atoms with E-state index in [1.54, 1.807) is 0 Å². The number of hydrogen-bond donors (Lipinski definition) is 6. The molecule has 2 aromatic rings. The Morgan fingerprint density at radius 2 is 1.84 bits per heavy atom. The van der Waals surface area contributed by atoms with E-state index in [9.17, 15) is 28.1 Å². The molecule has 22 heteroatoms. The third-order valence-electron chi connectivity index (χ3n) is 3.81. The number of alkyl halides is 1. The Kier molecular flexibility index (Phi) is 7.12. The van der Waals surface area contributed by atoms with Gasteiger partial charge in [0.25, 0.3) is 0 Å². The van der Waals surface area contributed by atoms with E-state index in [4.69, 9.17) is 36.8 Å². The van der Waals surface area contributed by atoms with Crippen LogP contribution in [-0.2, 0) is 31.6 Å². The van der Waals surface area contributed by atoms with Gasteiger partial charge in [0, 0.05) is 0 Å². The maximum absolute atomic E-state index is 14.7. The molecule has 1 aliphatic heterocycles. The summed E-state index contributed by atoms with van der Waals surface area (Å²) in [5.74, 6) is -0.114. The van der Waals surface area contributed by atoms with Crippen molar-refractivity contribution < 1.29 is 60.6 Å². The second kappa shape index (κ2) is 8.92. The molecule has 0 bridgehead atoms. The molecule has 0 aromatic carbocycles. The minimum Gasteiger partial charge on any atom is -0.387 e. The monoisotopic (exact) mass is 547 g/mol. The van der Waals surface area contributed by atoms with E-state index in [0.717, 1.165) is 10.9 Å². The maximum Gasteiger partial charge on any atom is 0.490 e. The van der Waals surface area contributed by atoms with Crippen LogP contribution in [0.3, 0.4) is 0 Å². The van der Waals surface area contributed by atoms with Crippen LogP contribution in [-0.4, -0.2) is 69.2 Å². The minimum atomic E-state index is -5.74. The molecule has 17 nitrogen and oxygen atoms in total. The first-order valence-corrected chi connectivity index (χ1v) is 12.9. The quantitative estimate of drug-likeness (QED) is 0.144. The Balaban J connectivity index is 1.72. The van der Waals surface area contributed by atoms with Gasteiger partial charge in [-0.3, -0.25) is 9.09 Å². The van der Waals surface area contributed by atoms with E-state index in [2.05, 4.69) is 28.1 Å². The number of phosphoric ester groups is 1. The molecule has 0 saturated carbocycles. The van der Waals surface area contributed by atoms with Gasteiger partial charge < -0.3 is 35.2 Å². The predicted octanol–water partition coefficient (Wildman–Crippen LogP) is 0.00160. The van der Waals surface area contributed by atoms with E-state index in [-0.39, 0.29) is 22.3 Å². The fraction of sp³-hybridized carbons (Fsp3) is 0.500. The molecule has 0 aliphatic carbocycles. The predicted molar refractivity (Wildman–Crippen MR) is 99.4 cm³/mol. The molecule has 1 aliphatic rings. The van der Waals surface area contributed by atoms with Crippen molar-refractivity contribution in [1.29, 1.82) is 0 Å². The standard InChI is InChI=1S/C10H14ClFN5O12P3/c11-10-15-7(13)5-8(16-10)17(2-14-5)9-4(12)6(18)3(27-9)1-26-31(22,23)29-32(24,25)28-30(19,20)21/h2-4,6,9,18H,1H2,(H,22,23)(H,24,25)(H2,13,15,16)(H2,19,20,21)/t3-,4+,6-,9-/m1/s1/i10+1,13+1,15+1,16+1. The molecule has 0 radical (unpaired) electrons. The molecule has 2 unspecified atom stereocenters. The molecule has 0 spiro atoms. The molecule has 3 rings (SSSR count). The van der Waals surface area contributed by atoms with Crippen molar-refractivity contribution in [2.24, 2.45) is 0 Å². The molecule has 6 atom stereocenters. The van der Waals surface area contributed by atoms with Crippen molar-refractivity contribution in [2.45, 2.75) is 24.6 Å². The van der Waals surface area contributed by atoms with E-state index in [0.29, 0.717) is 0 Å². The van der Waals surface area contributed by atoms with Crippen LogP contribution in [0.25, 0.3) is 11.2 Å². The minimum absolute atomic E-state index is 0.0455. The highest BCUT2D eigenvalue weighted by atomic mass is 35.5. The van der Waals surface area contributed by atoms with Gasteiger partial charge in [0.2, 0.25) is 5.28 Å². The summed E-state index contributed by atoms with van der Waals surface area (Å²) in [6.07, 6.45) is -6.20. The van der Waals surface area contributed by atoms with Crippen LogP contribution in [0.15, 0.2) is 6.33 Å². The number of halogens is 2. The fourth-order valence-corrected chi connectivity index (χ4v) is 5.83. The SMILES string of the molecule is [15NH2]c1[15n][13c](Cl)[15n]c2c1ncn2[C@@H]1O[C@H](COP(=O)(O)OP(=O)(O)OP(=O)(O)O)[C@@H](O)[C@@H]1F. The lowest BCUT2D eigenvalue weighted by atomic mass is 10.1. The number of phosphoric acid groups is 3. The zero-order valence-corrected chi connectivity index (χ0v) is 18.6. The van der Waals surface area contributed by atoms with Gasteiger partial charge in [-0.05, 0) is 11.6 Å². The summed E-state index contributed by atoms with van der Waals surface area (Å²) in [5.41, 5.74) is 5.66. The lowest BCUT2D eigenvalue weighted by Gasteiger charge is -2.19. The number of rotatable bonds is 8. The van der Waals surface area contributed by atoms with Gasteiger partial charge >= 0.3 is 23.5 Å². The van der Waals surface area contributed by atoms with Crippen LogP contribution in [0.4, 0.5) is 10.2 Å². The van der Waals surface area contributed by atoms with Gasteiger partial charge in [0.15, 0.2) is 23.9 Å². The summed E-state index contributed by atoms with van der Waals surface area (Å²) in [4.78, 5) is 47.0. The Labute approximate surface area is 181 Å². The Morgan fingerprint density at radius 1 is 1.19 bits per heavy atom. The van der Waals surface area contributed by atoms with Gasteiger partial charge in [-0.15, -0.1) is 0 Å². The molecule has 32 heavy (non-hydrogen) atoms. The molecular weight excluding hydrogens is 533 g/mol. The summed E-state index contributed by atoms with van der Waals surface area (Å²) in [7, 11) is -16.8. The van der Waals surface area contributed by atoms with Gasteiger partial charge in [0.1, 0.15) is 17.7 Å². The highest BCUT2D eigenvalue weighted by molar-refractivity contribution is 7.66. The van der Waals surface area contributed by atoms with Crippen LogP contribution < -0.4 is 5.73 Å². The zero-order chi connectivity index (χ0) is 24.1. The zero-order valence-electron chi connectivity index (χ0n) is 15.2. The highest BCUT2D eigenvalue weighted by Crippen LogP contribution is 2.66. The van der Waals surface area contributed by atoms with Gasteiger partial charge in [-0.2, -0.15) is 18.6 Å². The molecule has 0 amide bonds. The van der Waals surface area contributed by atoms with Crippen LogP contribution in [0.2, 0.25) is 5.28 Å². The van der Waals surface area contributed by atoms with Crippen molar-refractivity contribution in [3.63, 3.8) is 0 Å². The normalized spacial score (nSPS) is 28.0. The topological polar surface area (TPSA) is 259 Å². The number of nitrogens with zero attached hydrogens (tertiary/aromatic N) is 4. The summed E-state index contributed by atoms with van der Waals surface area (Å²) >= 11 is 5.72. The number of aliphatic hydroxyl groups excluding tert-OH is 1. The number of anilines is 1. The third kappa shape index (κ3) is 5.87. The van der Waals surface area contributed by atoms with Gasteiger partial charge in [-0.1, -0.05) is 0 Å². The molecule has 1 saturated heterocycles. The second-order valence-electron chi connectivity index (χ2n) is 6.09. The van der Waals surface area contributed by atoms with E-state index in [1.165, 1.54) is 0 Å². The Morgan fingerprint density at radius 3 is 2.47 bits per heavy atom. The first-order valence-electron chi connectivity index (χ1n) is 8.00. The molecular formula is C10H14ClFN5O12P3. The Bertz CT molecular complexity index is 1160. The van der Waals surface area contributed by atoms with Crippen molar-refractivity contribution in [2.75, 3.05) is 12.3 Å². The van der Waals surface area contributed by atoms with Crippen LogP contribution in [0, 0.1) is 0 Å². The van der Waals surface area contributed by atoms with Crippen molar-refractivity contribution in [3.8, 4) is 0 Å². The van der Waals surface area contributed by atoms with E-state index in [1.807, 2.05) is 0 Å². The van der Waals surface area contributed by atoms with E-state index >= 15 is 0 Å². The lowest BCUT2D eigenvalue weighted by molar-refractivity contribution is -0.0450. The van der Waals surface area contributed by atoms with Crippen LogP contribution >= 0.6 is 35.1 Å². The summed E-state index contributed by atoms with van der Waals surface area (Å²) in [6, 6.07) is 0. The molecule has 3 heterocycles. The van der Waals surface area contributed by atoms with Crippen molar-refractivity contribution >= 4 is 52.1 Å². The first kappa shape index (κ1) is 25.5. The Hall–Kier alpha value is -1.10. The van der Waals surface area contributed by atoms with E-state index < -0.39 is 54.7 Å². The number of hydrogen-bond acceptors (Lipinski definition) is 12. The number of fused-ring (bicyclic) bond motifs is 1. The number of aromatic nitrogens is 4. The molecule has 2 aromatic heterocycles. The highest BCUT2D eigenvalue weighted by Gasteiger charge is 2.48. The molecule has 180 valence electrons. The smallest absolute Gasteiger partial charge is 0.387 e. The largest absolute Gasteiger partial charge is 0.490 e. The van der Waals surface area contributed by atoms with Crippen LogP contribution in [0.5, 0.6) is 0 Å². The molecule has 1 fully saturated rings. The van der Waals surface area contributed by atoms with Gasteiger partial charge in [0.05, 0.1) is 12.9 Å². The third-order valence-corrected chi connectivity index (χ3v) is 7.78. The number of imidazole rings is 1. The number of ether oxygens (including phenoxy) is 1. The number of aliphatic hydroxyl groups is 1. The van der Waals surface area contributed by atoms with Crippen molar-refractivity contribution in [1.82, 2.24) is 19.5 Å². The molecule has 7 N–H and O–H groups in total. The summed E-state index contributed by atoms with van der Waals surface area (Å²) in [5, 5.41) is 9.77. The first-order chi connectivity index (χ1) is 14.6. The maximum atomic E-state index is 14.7. The summed E-state index contributed by atoms with van der Waals surface area (Å²) < 4.78 is 66.1. The number of nitrogens with two attached hydrogens (primary N) is 1.